The largest absolute Gasteiger partial charge is 0.508 e. The van der Waals surface area contributed by atoms with E-state index >= 15 is 0 Å². The van der Waals surface area contributed by atoms with Crippen LogP contribution in [0, 0.1) is 0 Å². The molecule has 3 N–H and O–H groups in total. The van der Waals surface area contributed by atoms with Gasteiger partial charge >= 0.3 is 0 Å². The minimum absolute atomic E-state index is 0.0127. The Morgan fingerprint density at radius 3 is 2.45 bits per heavy atom. The number of aromatic hydroxyl groups is 3. The van der Waals surface area contributed by atoms with E-state index in [1.807, 2.05) is 0 Å². The van der Waals surface area contributed by atoms with Crippen LogP contribution in [-0.2, 0) is 0 Å². The summed E-state index contributed by atoms with van der Waals surface area (Å²) in [6, 6.07) is 8.27. The first-order valence-electron chi connectivity index (χ1n) is 6.35. The third kappa shape index (κ3) is 3.49. The summed E-state index contributed by atoms with van der Waals surface area (Å²) >= 11 is 0. The summed E-state index contributed by atoms with van der Waals surface area (Å²) in [5.41, 5.74) is -0.114. The molecule has 0 atom stereocenters. The Kier molecular flexibility index (Phi) is 4.53. The Morgan fingerprint density at radius 1 is 1.05 bits per heavy atom. The molecule has 0 bridgehead atoms. The van der Waals surface area contributed by atoms with Crippen LogP contribution in [0.5, 0.6) is 28.7 Å². The van der Waals surface area contributed by atoms with E-state index in [4.69, 9.17) is 9.47 Å². The lowest BCUT2D eigenvalue weighted by Crippen LogP contribution is -2.05. The molecule has 22 heavy (non-hydrogen) atoms. The number of benzene rings is 2. The van der Waals surface area contributed by atoms with Gasteiger partial charge in [-0.15, -0.1) is 0 Å². The zero-order chi connectivity index (χ0) is 16.1. The fourth-order valence-electron chi connectivity index (χ4n) is 1.71. The summed E-state index contributed by atoms with van der Waals surface area (Å²) in [5.74, 6) is -0.357. The maximum absolute atomic E-state index is 11.0. The van der Waals surface area contributed by atoms with Crippen molar-refractivity contribution in [1.82, 2.24) is 0 Å². The van der Waals surface area contributed by atoms with Crippen molar-refractivity contribution >= 4 is 6.29 Å². The third-order valence-electron chi connectivity index (χ3n) is 2.71. The van der Waals surface area contributed by atoms with Gasteiger partial charge in [0.05, 0.1) is 5.56 Å². The third-order valence-corrected chi connectivity index (χ3v) is 2.71. The van der Waals surface area contributed by atoms with E-state index in [2.05, 4.69) is 0 Å². The van der Waals surface area contributed by atoms with Gasteiger partial charge in [-0.3, -0.25) is 4.79 Å². The number of allylic oxidation sites excluding steroid dienone is 1. The molecule has 0 aliphatic heterocycles. The number of aldehydes is 1. The molecule has 2 aromatic rings. The lowest BCUT2D eigenvalue weighted by molar-refractivity contribution is 0.111. The van der Waals surface area contributed by atoms with Crippen molar-refractivity contribution in [2.75, 3.05) is 0 Å². The molecule has 0 heterocycles. The Morgan fingerprint density at radius 2 is 1.82 bits per heavy atom. The number of rotatable bonds is 5. The topological polar surface area (TPSA) is 96.2 Å². The van der Waals surface area contributed by atoms with E-state index in [1.165, 1.54) is 24.3 Å². The Balaban J connectivity index is 2.26. The van der Waals surface area contributed by atoms with Crippen LogP contribution in [0.25, 0.3) is 0 Å². The standard InChI is InChI=1S/C16H14O6/c1-2-16(21-12-5-3-4-10(18)6-12)22-15-8-11(19)7-14(20)13(15)9-17/h2-9,18-20H,1H3/b16-2-. The van der Waals surface area contributed by atoms with Crippen molar-refractivity contribution in [1.29, 1.82) is 0 Å². The normalized spacial score (nSPS) is 11.0. The summed E-state index contributed by atoms with van der Waals surface area (Å²) in [4.78, 5) is 11.0. The molecule has 6 heteroatoms. The molecule has 0 radical (unpaired) electrons. The number of ether oxygens (including phenoxy) is 2. The average molecular weight is 302 g/mol. The summed E-state index contributed by atoms with van der Waals surface area (Å²) in [6.07, 6.45) is 1.89. The van der Waals surface area contributed by atoms with Crippen LogP contribution in [0.2, 0.25) is 0 Å². The molecule has 0 amide bonds. The molecule has 0 spiro atoms. The van der Waals surface area contributed by atoms with Gasteiger partial charge in [-0.1, -0.05) is 6.07 Å². The van der Waals surface area contributed by atoms with Gasteiger partial charge in [0.1, 0.15) is 28.7 Å². The van der Waals surface area contributed by atoms with Crippen molar-refractivity contribution in [3.05, 3.63) is 54.0 Å². The smallest absolute Gasteiger partial charge is 0.285 e. The quantitative estimate of drug-likeness (QED) is 0.580. The van der Waals surface area contributed by atoms with E-state index in [9.17, 15) is 20.1 Å². The van der Waals surface area contributed by atoms with Gasteiger partial charge in [-0.2, -0.15) is 0 Å². The maximum atomic E-state index is 11.0. The van der Waals surface area contributed by atoms with Crippen molar-refractivity contribution < 1.29 is 29.6 Å². The molecular formula is C16H14O6. The van der Waals surface area contributed by atoms with E-state index in [1.54, 1.807) is 19.1 Å². The monoisotopic (exact) mass is 302 g/mol. The average Bonchev–Trinajstić information content (AvgIpc) is 2.46. The number of carbonyl (C=O) groups excluding carboxylic acids is 1. The first-order valence-corrected chi connectivity index (χ1v) is 6.35. The first kappa shape index (κ1) is 15.2. The molecule has 6 nitrogen and oxygen atoms in total. The summed E-state index contributed by atoms with van der Waals surface area (Å²) in [7, 11) is 0. The SMILES string of the molecule is C/C=C(/Oc1cccc(O)c1)Oc1cc(O)cc(O)c1C=O. The zero-order valence-electron chi connectivity index (χ0n) is 11.7. The van der Waals surface area contributed by atoms with E-state index in [0.717, 1.165) is 6.07 Å². The molecule has 0 aliphatic rings. The van der Waals surface area contributed by atoms with Gasteiger partial charge in [0.25, 0.3) is 5.95 Å². The number of hydrogen-bond acceptors (Lipinski definition) is 6. The van der Waals surface area contributed by atoms with E-state index in [-0.39, 0.29) is 28.8 Å². The second-order valence-electron chi connectivity index (χ2n) is 4.30. The number of carbonyl (C=O) groups is 1. The minimum Gasteiger partial charge on any atom is -0.508 e. The molecule has 0 saturated heterocycles. The molecular weight excluding hydrogens is 288 g/mol. The maximum Gasteiger partial charge on any atom is 0.285 e. The second-order valence-corrected chi connectivity index (χ2v) is 4.30. The van der Waals surface area contributed by atoms with E-state index in [0.29, 0.717) is 12.0 Å². The Hall–Kier alpha value is -3.15. The van der Waals surface area contributed by atoms with Crippen molar-refractivity contribution in [3.8, 4) is 28.7 Å². The zero-order valence-corrected chi connectivity index (χ0v) is 11.7. The molecule has 0 fully saturated rings. The molecule has 0 aromatic heterocycles. The van der Waals surface area contributed by atoms with Gasteiger partial charge < -0.3 is 24.8 Å². The fourth-order valence-corrected chi connectivity index (χ4v) is 1.71. The summed E-state index contributed by atoms with van der Waals surface area (Å²) in [5, 5.41) is 28.5. The van der Waals surface area contributed by atoms with Crippen molar-refractivity contribution in [2.24, 2.45) is 0 Å². The first-order chi connectivity index (χ1) is 10.5. The second kappa shape index (κ2) is 6.53. The Labute approximate surface area is 126 Å². The van der Waals surface area contributed by atoms with Gasteiger partial charge in [-0.05, 0) is 25.1 Å². The number of phenols is 3. The van der Waals surface area contributed by atoms with E-state index < -0.39 is 5.75 Å². The number of hydrogen-bond donors (Lipinski definition) is 3. The van der Waals surface area contributed by atoms with Crippen LogP contribution in [0.1, 0.15) is 17.3 Å². The van der Waals surface area contributed by atoms with Gasteiger partial charge in [0.2, 0.25) is 0 Å². The van der Waals surface area contributed by atoms with Crippen LogP contribution in [0.15, 0.2) is 48.4 Å². The predicted octanol–water partition coefficient (Wildman–Crippen LogP) is 2.94. The molecule has 2 rings (SSSR count). The van der Waals surface area contributed by atoms with Crippen LogP contribution in [0.3, 0.4) is 0 Å². The van der Waals surface area contributed by atoms with Gasteiger partial charge in [0.15, 0.2) is 6.29 Å². The molecule has 2 aromatic carbocycles. The van der Waals surface area contributed by atoms with Crippen LogP contribution in [-0.4, -0.2) is 21.6 Å². The summed E-state index contributed by atoms with van der Waals surface area (Å²) < 4.78 is 10.8. The fraction of sp³-hybridized carbons (Fsp3) is 0.0625. The molecule has 0 saturated carbocycles. The van der Waals surface area contributed by atoms with Crippen LogP contribution < -0.4 is 9.47 Å². The predicted molar refractivity (Wildman–Crippen MR) is 78.3 cm³/mol. The highest BCUT2D eigenvalue weighted by Gasteiger charge is 2.14. The number of phenolic OH excluding ortho intramolecular Hbond substituents is 3. The summed E-state index contributed by atoms with van der Waals surface area (Å²) in [6.45, 7) is 1.64. The van der Waals surface area contributed by atoms with Crippen molar-refractivity contribution in [3.63, 3.8) is 0 Å². The molecule has 0 aliphatic carbocycles. The van der Waals surface area contributed by atoms with Gasteiger partial charge in [-0.25, -0.2) is 0 Å². The minimum atomic E-state index is -0.405. The highest BCUT2D eigenvalue weighted by molar-refractivity contribution is 5.84. The highest BCUT2D eigenvalue weighted by atomic mass is 16.7. The Bertz CT molecular complexity index is 721. The van der Waals surface area contributed by atoms with Gasteiger partial charge in [0, 0.05) is 18.2 Å². The lowest BCUT2D eigenvalue weighted by Gasteiger charge is -2.13. The van der Waals surface area contributed by atoms with Crippen LogP contribution >= 0.6 is 0 Å². The van der Waals surface area contributed by atoms with Crippen molar-refractivity contribution in [2.45, 2.75) is 6.92 Å². The molecule has 0 unspecified atom stereocenters. The molecule has 114 valence electrons. The highest BCUT2D eigenvalue weighted by Crippen LogP contribution is 2.33. The lowest BCUT2D eigenvalue weighted by atomic mass is 10.2. The van der Waals surface area contributed by atoms with Crippen LogP contribution in [0.4, 0.5) is 0 Å².